The number of nitrogens with zero attached hydrogens (tertiary/aromatic N) is 1. The van der Waals surface area contributed by atoms with Gasteiger partial charge in [-0.2, -0.15) is 4.31 Å². The van der Waals surface area contributed by atoms with E-state index in [1.165, 1.54) is 29.6 Å². The summed E-state index contributed by atoms with van der Waals surface area (Å²) in [5.41, 5.74) is 1.99. The zero-order valence-electron chi connectivity index (χ0n) is 19.3. The van der Waals surface area contributed by atoms with Crippen molar-refractivity contribution in [2.45, 2.75) is 50.8 Å². The molecule has 0 saturated carbocycles. The van der Waals surface area contributed by atoms with Gasteiger partial charge < -0.3 is 15.4 Å². The number of hydrogen-bond acceptors (Lipinski definition) is 5. The highest BCUT2D eigenvalue weighted by Gasteiger charge is 2.27. The zero-order chi connectivity index (χ0) is 24.0. The summed E-state index contributed by atoms with van der Waals surface area (Å²) < 4.78 is 33.3. The van der Waals surface area contributed by atoms with E-state index in [-0.39, 0.29) is 22.1 Å². The fourth-order valence-electron chi connectivity index (χ4n) is 3.73. The Kier molecular flexibility index (Phi) is 8.10. The summed E-state index contributed by atoms with van der Waals surface area (Å²) in [5.74, 6) is -0.360. The predicted octanol–water partition coefficient (Wildman–Crippen LogP) is 4.17. The van der Waals surface area contributed by atoms with E-state index in [0.717, 1.165) is 31.2 Å². The molecule has 0 unspecified atom stereocenters. The van der Waals surface area contributed by atoms with Crippen LogP contribution in [0.2, 0.25) is 0 Å². The van der Waals surface area contributed by atoms with Crippen LogP contribution in [0.25, 0.3) is 0 Å². The molecule has 1 aliphatic heterocycles. The molecule has 1 aliphatic rings. The van der Waals surface area contributed by atoms with E-state index in [0.29, 0.717) is 30.9 Å². The number of nitrogens with one attached hydrogen (secondary N) is 2. The highest BCUT2D eigenvalue weighted by Crippen LogP contribution is 2.28. The molecule has 2 aromatic rings. The van der Waals surface area contributed by atoms with Crippen molar-refractivity contribution >= 4 is 33.2 Å². The number of anilines is 2. The van der Waals surface area contributed by atoms with Crippen molar-refractivity contribution in [1.82, 2.24) is 4.31 Å². The maximum absolute atomic E-state index is 13.2. The van der Waals surface area contributed by atoms with Gasteiger partial charge in [0.05, 0.1) is 17.6 Å². The molecule has 1 saturated heterocycles. The Balaban J connectivity index is 1.90. The molecule has 0 aromatic heterocycles. The van der Waals surface area contributed by atoms with Crippen molar-refractivity contribution in [3.05, 3.63) is 47.5 Å². The summed E-state index contributed by atoms with van der Waals surface area (Å²) in [6, 6.07) is 9.57. The Morgan fingerprint density at radius 3 is 2.33 bits per heavy atom. The molecule has 0 aliphatic carbocycles. The van der Waals surface area contributed by atoms with Crippen molar-refractivity contribution in [3.8, 4) is 5.75 Å². The number of benzene rings is 2. The largest absolute Gasteiger partial charge is 0.496 e. The first-order valence-corrected chi connectivity index (χ1v) is 12.6. The fraction of sp³-hybridized carbons (Fsp3) is 0.417. The van der Waals surface area contributed by atoms with Crippen LogP contribution >= 0.6 is 0 Å². The molecule has 3 rings (SSSR count). The standard InChI is InChI=1S/C24H31N3O5S/c1-4-23(28)25-18-10-9-17(2)21(15-18)26-24(29)20-16-19(11-12-22(20)32-3)33(30,31)27-13-7-5-6-8-14-27/h9-12,15-16H,4-8,13-14H2,1-3H3,(H,25,28)(H,26,29). The molecule has 0 bridgehead atoms. The second-order valence-corrected chi connectivity index (χ2v) is 10.0. The summed E-state index contributed by atoms with van der Waals surface area (Å²) >= 11 is 0. The lowest BCUT2D eigenvalue weighted by Gasteiger charge is -2.21. The number of aryl methyl sites for hydroxylation is 1. The van der Waals surface area contributed by atoms with E-state index in [9.17, 15) is 18.0 Å². The second-order valence-electron chi connectivity index (χ2n) is 8.07. The summed E-state index contributed by atoms with van der Waals surface area (Å²) in [6.07, 6.45) is 4.02. The fourth-order valence-corrected chi connectivity index (χ4v) is 5.27. The molecule has 2 N–H and O–H groups in total. The van der Waals surface area contributed by atoms with Crippen LogP contribution in [0.1, 0.15) is 54.9 Å². The van der Waals surface area contributed by atoms with E-state index >= 15 is 0 Å². The lowest BCUT2D eigenvalue weighted by molar-refractivity contribution is -0.115. The molecule has 0 radical (unpaired) electrons. The minimum Gasteiger partial charge on any atom is -0.496 e. The van der Waals surface area contributed by atoms with Crippen LogP contribution in [-0.2, 0) is 14.8 Å². The maximum Gasteiger partial charge on any atom is 0.259 e. The first-order valence-electron chi connectivity index (χ1n) is 11.2. The highest BCUT2D eigenvalue weighted by atomic mass is 32.2. The zero-order valence-corrected chi connectivity index (χ0v) is 20.1. The normalized spacial score (nSPS) is 14.9. The van der Waals surface area contributed by atoms with E-state index in [2.05, 4.69) is 10.6 Å². The number of carbonyl (C=O) groups excluding carboxylic acids is 2. The molecule has 0 atom stereocenters. The van der Waals surface area contributed by atoms with Gasteiger partial charge in [-0.3, -0.25) is 9.59 Å². The van der Waals surface area contributed by atoms with Crippen molar-refractivity contribution in [2.75, 3.05) is 30.8 Å². The van der Waals surface area contributed by atoms with Crippen LogP contribution in [0.3, 0.4) is 0 Å². The van der Waals surface area contributed by atoms with Crippen LogP contribution < -0.4 is 15.4 Å². The van der Waals surface area contributed by atoms with Crippen molar-refractivity contribution in [2.24, 2.45) is 0 Å². The average Bonchev–Trinajstić information content (AvgIpc) is 3.11. The lowest BCUT2D eigenvalue weighted by atomic mass is 10.1. The van der Waals surface area contributed by atoms with Gasteiger partial charge in [0.2, 0.25) is 15.9 Å². The van der Waals surface area contributed by atoms with Gasteiger partial charge in [0.25, 0.3) is 5.91 Å². The van der Waals surface area contributed by atoms with E-state index in [4.69, 9.17) is 4.74 Å². The minimum atomic E-state index is -3.72. The Hall–Kier alpha value is -2.91. The highest BCUT2D eigenvalue weighted by molar-refractivity contribution is 7.89. The predicted molar refractivity (Wildman–Crippen MR) is 128 cm³/mol. The van der Waals surface area contributed by atoms with Crippen LogP contribution in [0.4, 0.5) is 11.4 Å². The van der Waals surface area contributed by atoms with Crippen LogP contribution in [0, 0.1) is 6.92 Å². The molecule has 1 heterocycles. The third kappa shape index (κ3) is 5.91. The Morgan fingerprint density at radius 2 is 1.70 bits per heavy atom. The first kappa shape index (κ1) is 24.7. The summed E-state index contributed by atoms with van der Waals surface area (Å²) in [6.45, 7) is 4.54. The molecule has 2 aromatic carbocycles. The van der Waals surface area contributed by atoms with Gasteiger partial charge in [-0.1, -0.05) is 25.8 Å². The number of hydrogen-bond donors (Lipinski definition) is 2. The molecule has 0 spiro atoms. The molecule has 2 amide bonds. The Morgan fingerprint density at radius 1 is 1.00 bits per heavy atom. The van der Waals surface area contributed by atoms with E-state index in [1.54, 1.807) is 25.1 Å². The van der Waals surface area contributed by atoms with Gasteiger partial charge in [0.1, 0.15) is 5.75 Å². The monoisotopic (exact) mass is 473 g/mol. The number of rotatable bonds is 7. The molecule has 9 heteroatoms. The van der Waals surface area contributed by atoms with E-state index < -0.39 is 15.9 Å². The summed E-state index contributed by atoms with van der Waals surface area (Å²) in [5, 5.41) is 5.59. The second kappa shape index (κ2) is 10.8. The molecule has 8 nitrogen and oxygen atoms in total. The maximum atomic E-state index is 13.2. The molecular formula is C24H31N3O5S. The van der Waals surface area contributed by atoms with Gasteiger partial charge in [-0.15, -0.1) is 0 Å². The summed E-state index contributed by atoms with van der Waals surface area (Å²) in [4.78, 5) is 24.9. The minimum absolute atomic E-state index is 0.0658. The van der Waals surface area contributed by atoms with Gasteiger partial charge in [-0.25, -0.2) is 8.42 Å². The number of sulfonamides is 1. The number of ether oxygens (including phenoxy) is 1. The Bertz CT molecular complexity index is 1120. The SMILES string of the molecule is CCC(=O)Nc1ccc(C)c(NC(=O)c2cc(S(=O)(=O)N3CCCCCC3)ccc2OC)c1. The smallest absolute Gasteiger partial charge is 0.259 e. The number of carbonyl (C=O) groups is 2. The van der Waals surface area contributed by atoms with Crippen molar-refractivity contribution in [1.29, 1.82) is 0 Å². The first-order chi connectivity index (χ1) is 15.8. The van der Waals surface area contributed by atoms with Crippen molar-refractivity contribution in [3.63, 3.8) is 0 Å². The van der Waals surface area contributed by atoms with Crippen LogP contribution in [0.5, 0.6) is 5.75 Å². The lowest BCUT2D eigenvalue weighted by Crippen LogP contribution is -2.32. The van der Waals surface area contributed by atoms with Gasteiger partial charge in [-0.05, 0) is 55.7 Å². The number of methoxy groups -OCH3 is 1. The number of amides is 2. The van der Waals surface area contributed by atoms with Crippen LogP contribution in [0.15, 0.2) is 41.3 Å². The van der Waals surface area contributed by atoms with Gasteiger partial charge in [0.15, 0.2) is 0 Å². The molecule has 33 heavy (non-hydrogen) atoms. The molecular weight excluding hydrogens is 442 g/mol. The topological polar surface area (TPSA) is 105 Å². The third-order valence-corrected chi connectivity index (χ3v) is 7.60. The Labute approximate surface area is 195 Å². The van der Waals surface area contributed by atoms with Crippen LogP contribution in [-0.4, -0.2) is 44.7 Å². The van der Waals surface area contributed by atoms with Crippen molar-refractivity contribution < 1.29 is 22.7 Å². The quantitative estimate of drug-likeness (QED) is 0.628. The molecule has 178 valence electrons. The molecule has 1 fully saturated rings. The van der Waals surface area contributed by atoms with E-state index in [1.807, 2.05) is 6.92 Å². The third-order valence-electron chi connectivity index (χ3n) is 5.71. The average molecular weight is 474 g/mol. The van der Waals surface area contributed by atoms with Gasteiger partial charge >= 0.3 is 0 Å². The van der Waals surface area contributed by atoms with Gasteiger partial charge in [0, 0.05) is 30.9 Å². The summed E-state index contributed by atoms with van der Waals surface area (Å²) in [7, 11) is -2.29.